The number of hydrogen-bond acceptors (Lipinski definition) is 5. The zero-order valence-corrected chi connectivity index (χ0v) is 12.0. The predicted molar refractivity (Wildman–Crippen MR) is 70.8 cm³/mol. The number of ketones is 1. The average molecular weight is 266 g/mol. The van der Waals surface area contributed by atoms with Gasteiger partial charge in [0.15, 0.2) is 5.78 Å². The fraction of sp³-hybridized carbons (Fsp3) is 0.769. The van der Waals surface area contributed by atoms with E-state index in [2.05, 4.69) is 10.3 Å². The standard InChI is InChI=1S/C13H22N4O2/c1-12(2)7-9(13(3,4)19-12)11(18)10-8-17(6-5-14)16-15-10/h8-9H,5-7,14H2,1-4H3. The van der Waals surface area contributed by atoms with Gasteiger partial charge in [-0.15, -0.1) is 5.10 Å². The smallest absolute Gasteiger partial charge is 0.190 e. The van der Waals surface area contributed by atoms with Gasteiger partial charge in [-0.3, -0.25) is 9.48 Å². The number of nitrogens with zero attached hydrogens (tertiary/aromatic N) is 3. The average Bonchev–Trinajstić information content (AvgIpc) is 2.80. The second-order valence-electron chi connectivity index (χ2n) is 6.24. The highest BCUT2D eigenvalue weighted by Crippen LogP contribution is 2.43. The van der Waals surface area contributed by atoms with E-state index in [1.807, 2.05) is 27.7 Å². The maximum absolute atomic E-state index is 12.5. The molecule has 0 amide bonds. The Kier molecular flexibility index (Phi) is 3.49. The third-order valence-corrected chi connectivity index (χ3v) is 3.54. The fourth-order valence-electron chi connectivity index (χ4n) is 2.80. The third-order valence-electron chi connectivity index (χ3n) is 3.54. The first-order chi connectivity index (χ1) is 8.75. The van der Waals surface area contributed by atoms with Crippen LogP contribution in [-0.4, -0.2) is 38.5 Å². The summed E-state index contributed by atoms with van der Waals surface area (Å²) in [7, 11) is 0. The predicted octanol–water partition coefficient (Wildman–Crippen LogP) is 1.01. The molecule has 1 unspecified atom stereocenters. The fourth-order valence-corrected chi connectivity index (χ4v) is 2.80. The number of rotatable bonds is 4. The molecule has 6 heteroatoms. The molecule has 0 aliphatic carbocycles. The van der Waals surface area contributed by atoms with Crippen LogP contribution >= 0.6 is 0 Å². The minimum atomic E-state index is -0.474. The highest BCUT2D eigenvalue weighted by molar-refractivity contribution is 5.96. The summed E-state index contributed by atoms with van der Waals surface area (Å²) in [6.07, 6.45) is 2.36. The number of aromatic nitrogens is 3. The van der Waals surface area contributed by atoms with Gasteiger partial charge in [0.1, 0.15) is 5.69 Å². The molecule has 1 aromatic heterocycles. The van der Waals surface area contributed by atoms with E-state index >= 15 is 0 Å². The van der Waals surface area contributed by atoms with Gasteiger partial charge >= 0.3 is 0 Å². The van der Waals surface area contributed by atoms with Crippen LogP contribution in [0.4, 0.5) is 0 Å². The van der Waals surface area contributed by atoms with Crippen molar-refractivity contribution in [1.29, 1.82) is 0 Å². The third kappa shape index (κ3) is 2.84. The molecular formula is C13H22N4O2. The molecule has 0 spiro atoms. The molecular weight excluding hydrogens is 244 g/mol. The van der Waals surface area contributed by atoms with E-state index in [9.17, 15) is 4.79 Å². The Bertz CT molecular complexity index is 479. The number of nitrogens with two attached hydrogens (primary N) is 1. The van der Waals surface area contributed by atoms with E-state index in [1.165, 1.54) is 0 Å². The maximum Gasteiger partial charge on any atom is 0.190 e. The lowest BCUT2D eigenvalue weighted by Crippen LogP contribution is -2.34. The van der Waals surface area contributed by atoms with Crippen molar-refractivity contribution in [3.63, 3.8) is 0 Å². The van der Waals surface area contributed by atoms with Gasteiger partial charge in [0.25, 0.3) is 0 Å². The molecule has 0 bridgehead atoms. The number of carbonyl (C=O) groups excluding carboxylic acids is 1. The second-order valence-corrected chi connectivity index (χ2v) is 6.24. The highest BCUT2D eigenvalue weighted by atomic mass is 16.5. The number of hydrogen-bond donors (Lipinski definition) is 1. The molecule has 1 aliphatic rings. The summed E-state index contributed by atoms with van der Waals surface area (Å²) in [6, 6.07) is 0. The summed E-state index contributed by atoms with van der Waals surface area (Å²) in [5, 5.41) is 7.85. The van der Waals surface area contributed by atoms with Crippen LogP contribution in [0.25, 0.3) is 0 Å². The van der Waals surface area contributed by atoms with Crippen LogP contribution in [0.5, 0.6) is 0 Å². The first-order valence-corrected chi connectivity index (χ1v) is 6.60. The van der Waals surface area contributed by atoms with Crippen LogP contribution in [0.1, 0.15) is 44.6 Å². The summed E-state index contributed by atoms with van der Waals surface area (Å²) < 4.78 is 7.55. The van der Waals surface area contributed by atoms with Crippen LogP contribution in [0.15, 0.2) is 6.20 Å². The highest BCUT2D eigenvalue weighted by Gasteiger charge is 2.49. The maximum atomic E-state index is 12.5. The minimum absolute atomic E-state index is 0.00107. The van der Waals surface area contributed by atoms with E-state index in [4.69, 9.17) is 10.5 Å². The molecule has 1 saturated heterocycles. The number of ether oxygens (including phenoxy) is 1. The minimum Gasteiger partial charge on any atom is -0.369 e. The summed E-state index contributed by atoms with van der Waals surface area (Å²) in [5.41, 5.74) is 5.09. The number of carbonyl (C=O) groups is 1. The van der Waals surface area contributed by atoms with Gasteiger partial charge in [-0.05, 0) is 34.1 Å². The van der Waals surface area contributed by atoms with Gasteiger partial charge in [-0.2, -0.15) is 0 Å². The van der Waals surface area contributed by atoms with E-state index in [0.717, 1.165) is 0 Å². The van der Waals surface area contributed by atoms with Crippen LogP contribution in [0.3, 0.4) is 0 Å². The van der Waals surface area contributed by atoms with E-state index in [0.29, 0.717) is 25.2 Å². The van der Waals surface area contributed by atoms with E-state index < -0.39 is 5.60 Å². The Balaban J connectivity index is 2.19. The van der Waals surface area contributed by atoms with E-state index in [1.54, 1.807) is 10.9 Å². The second kappa shape index (κ2) is 4.68. The summed E-state index contributed by atoms with van der Waals surface area (Å²) in [6.45, 7) is 8.96. The van der Waals surface area contributed by atoms with Crippen LogP contribution in [0.2, 0.25) is 0 Å². The van der Waals surface area contributed by atoms with Crippen LogP contribution in [-0.2, 0) is 11.3 Å². The molecule has 0 saturated carbocycles. The quantitative estimate of drug-likeness (QED) is 0.822. The monoisotopic (exact) mass is 266 g/mol. The lowest BCUT2D eigenvalue weighted by atomic mass is 9.83. The van der Waals surface area contributed by atoms with Crippen LogP contribution < -0.4 is 5.73 Å². The Labute approximate surface area is 113 Å². The van der Waals surface area contributed by atoms with Gasteiger partial charge in [-0.25, -0.2) is 0 Å². The molecule has 19 heavy (non-hydrogen) atoms. The first kappa shape index (κ1) is 14.1. The van der Waals surface area contributed by atoms with Crippen molar-refractivity contribution in [1.82, 2.24) is 15.0 Å². The molecule has 0 aromatic carbocycles. The molecule has 2 rings (SSSR count). The zero-order valence-electron chi connectivity index (χ0n) is 12.0. The lowest BCUT2D eigenvalue weighted by molar-refractivity contribution is -0.0712. The normalized spacial score (nSPS) is 24.6. The van der Waals surface area contributed by atoms with Crippen molar-refractivity contribution in [3.05, 3.63) is 11.9 Å². The first-order valence-electron chi connectivity index (χ1n) is 6.60. The van der Waals surface area contributed by atoms with Crippen molar-refractivity contribution in [2.24, 2.45) is 11.7 Å². The molecule has 1 aromatic rings. The largest absolute Gasteiger partial charge is 0.369 e. The lowest BCUT2D eigenvalue weighted by Gasteiger charge is -2.26. The molecule has 106 valence electrons. The molecule has 2 N–H and O–H groups in total. The Hall–Kier alpha value is -1.27. The summed E-state index contributed by atoms with van der Waals surface area (Å²) >= 11 is 0. The Morgan fingerprint density at radius 3 is 2.74 bits per heavy atom. The van der Waals surface area contributed by atoms with Gasteiger partial charge < -0.3 is 10.5 Å². The molecule has 1 aliphatic heterocycles. The Morgan fingerprint density at radius 1 is 1.53 bits per heavy atom. The topological polar surface area (TPSA) is 83.0 Å². The van der Waals surface area contributed by atoms with Crippen LogP contribution in [0, 0.1) is 5.92 Å². The van der Waals surface area contributed by atoms with E-state index in [-0.39, 0.29) is 17.3 Å². The Morgan fingerprint density at radius 2 is 2.21 bits per heavy atom. The van der Waals surface area contributed by atoms with Gasteiger partial charge in [0, 0.05) is 6.54 Å². The van der Waals surface area contributed by atoms with Crippen molar-refractivity contribution < 1.29 is 9.53 Å². The van der Waals surface area contributed by atoms with Crippen molar-refractivity contribution in [2.75, 3.05) is 6.54 Å². The molecule has 0 radical (unpaired) electrons. The molecule has 6 nitrogen and oxygen atoms in total. The van der Waals surface area contributed by atoms with Gasteiger partial charge in [0.05, 0.1) is 29.9 Å². The molecule has 2 heterocycles. The SMILES string of the molecule is CC1(C)CC(C(=O)c2cn(CCN)nn2)C(C)(C)O1. The zero-order chi connectivity index (χ0) is 14.3. The van der Waals surface area contributed by atoms with Crippen molar-refractivity contribution in [3.8, 4) is 0 Å². The van der Waals surface area contributed by atoms with Gasteiger partial charge in [0.2, 0.25) is 0 Å². The number of Topliss-reactive ketones (excluding diaryl/α,β-unsaturated/α-hetero) is 1. The van der Waals surface area contributed by atoms with Crippen molar-refractivity contribution >= 4 is 5.78 Å². The summed E-state index contributed by atoms with van der Waals surface area (Å²) in [5.74, 6) is -0.190. The molecule has 1 fully saturated rings. The summed E-state index contributed by atoms with van der Waals surface area (Å²) in [4.78, 5) is 12.5. The van der Waals surface area contributed by atoms with Gasteiger partial charge in [-0.1, -0.05) is 5.21 Å². The molecule has 1 atom stereocenters. The van der Waals surface area contributed by atoms with Crippen molar-refractivity contribution in [2.45, 2.75) is 51.9 Å².